The van der Waals surface area contributed by atoms with Crippen LogP contribution in [0.4, 0.5) is 0 Å². The van der Waals surface area contributed by atoms with Crippen LogP contribution in [0.3, 0.4) is 0 Å². The molecular weight excluding hydrogens is 674 g/mol. The van der Waals surface area contributed by atoms with E-state index >= 15 is 0 Å². The molecule has 2 heterocycles. The average Bonchev–Trinajstić information content (AvgIpc) is 3.14. The van der Waals surface area contributed by atoms with Crippen LogP contribution in [0.15, 0.2) is 66.7 Å². The van der Waals surface area contributed by atoms with Gasteiger partial charge in [0.1, 0.15) is 43.7 Å². The predicted octanol–water partition coefficient (Wildman–Crippen LogP) is 7.87. The molecule has 1 unspecified atom stereocenters. The van der Waals surface area contributed by atoms with Gasteiger partial charge in [0, 0.05) is 29.8 Å². The van der Waals surface area contributed by atoms with Crippen LogP contribution in [0.2, 0.25) is 5.02 Å². The number of fused-ring (bicyclic) bond motifs is 1. The molecule has 4 aromatic carbocycles. The molecule has 4 aromatic rings. The Labute approximate surface area is 302 Å². The molecule has 2 aliphatic rings. The largest absolute Gasteiger partial charge is 0.496 e. The minimum Gasteiger partial charge on any atom is -0.496 e. The van der Waals surface area contributed by atoms with E-state index < -0.39 is 11.9 Å². The summed E-state index contributed by atoms with van der Waals surface area (Å²) in [6.45, 7) is 4.66. The van der Waals surface area contributed by atoms with Gasteiger partial charge in [-0.25, -0.2) is 4.79 Å². The number of carboxylic acids is 1. The van der Waals surface area contributed by atoms with E-state index in [1.54, 1.807) is 31.4 Å². The lowest BCUT2D eigenvalue weighted by Crippen LogP contribution is -2.40. The van der Waals surface area contributed by atoms with Crippen LogP contribution >= 0.6 is 11.6 Å². The zero-order valence-electron chi connectivity index (χ0n) is 29.0. The highest BCUT2D eigenvalue weighted by Gasteiger charge is 2.26. The van der Waals surface area contributed by atoms with Crippen LogP contribution in [0, 0.1) is 6.92 Å². The van der Waals surface area contributed by atoms with E-state index in [9.17, 15) is 14.7 Å². The van der Waals surface area contributed by atoms with E-state index in [0.717, 1.165) is 65.1 Å². The first-order chi connectivity index (χ1) is 24.7. The summed E-state index contributed by atoms with van der Waals surface area (Å²) in [5.74, 6) is 1.71. The number of halogens is 1. The Bertz CT molecular complexity index is 1890. The Morgan fingerprint density at radius 2 is 1.65 bits per heavy atom. The third-order valence-electron chi connectivity index (χ3n) is 9.41. The summed E-state index contributed by atoms with van der Waals surface area (Å²) < 4.78 is 34.8. The molecule has 6 rings (SSSR count). The van der Waals surface area contributed by atoms with Gasteiger partial charge in [-0.3, -0.25) is 9.69 Å². The van der Waals surface area contributed by atoms with E-state index in [-0.39, 0.29) is 25.7 Å². The second-order valence-corrected chi connectivity index (χ2v) is 13.1. The zero-order valence-corrected chi connectivity index (χ0v) is 29.8. The van der Waals surface area contributed by atoms with Gasteiger partial charge in [0.2, 0.25) is 0 Å². The van der Waals surface area contributed by atoms with Gasteiger partial charge in [-0.15, -0.1) is 0 Å². The molecule has 0 aromatic heterocycles. The summed E-state index contributed by atoms with van der Waals surface area (Å²) in [5, 5.41) is 9.99. The number of ether oxygens (including phenoxy) is 6. The first-order valence-corrected chi connectivity index (χ1v) is 17.4. The molecule has 11 heteroatoms. The number of carbonyl (C=O) groups is 2. The predicted molar refractivity (Wildman–Crippen MR) is 192 cm³/mol. The molecule has 0 radical (unpaired) electrons. The number of hydrogen-bond donors (Lipinski definition) is 1. The Morgan fingerprint density at radius 3 is 2.43 bits per heavy atom. The number of carbonyl (C=O) groups excluding carboxylic acids is 1. The van der Waals surface area contributed by atoms with Gasteiger partial charge in [0.15, 0.2) is 11.5 Å². The maximum absolute atomic E-state index is 12.3. The van der Waals surface area contributed by atoms with Gasteiger partial charge in [0.25, 0.3) is 0 Å². The average molecular weight is 716 g/mol. The fraction of sp³-hybridized carbons (Fsp3) is 0.350. The lowest BCUT2D eigenvalue weighted by Gasteiger charge is -2.35. The monoisotopic (exact) mass is 715 g/mol. The van der Waals surface area contributed by atoms with Crippen LogP contribution in [0.5, 0.6) is 28.7 Å². The third-order valence-corrected chi connectivity index (χ3v) is 9.71. The summed E-state index contributed by atoms with van der Waals surface area (Å²) in [6, 6.07) is 20.6. The number of aliphatic carboxylic acids is 1. The van der Waals surface area contributed by atoms with Gasteiger partial charge in [-0.2, -0.15) is 0 Å². The van der Waals surface area contributed by atoms with Gasteiger partial charge in [0.05, 0.1) is 31.2 Å². The molecule has 0 aliphatic carbocycles. The smallest absolute Gasteiger partial charge is 0.337 e. The molecule has 1 fully saturated rings. The van der Waals surface area contributed by atoms with Crippen LogP contribution < -0.4 is 23.7 Å². The van der Waals surface area contributed by atoms with Gasteiger partial charge >= 0.3 is 11.9 Å². The SMILES string of the molecule is COC(=O)c1ccc(OC)c(COc2cc(OCc3cccc(-c4ccc5c(c4)OCCO5)c3C)c(Cl)cc2CN2CCCCC2CC(=O)O)c1. The number of nitrogens with zero attached hydrogens (tertiary/aromatic N) is 1. The highest BCUT2D eigenvalue weighted by Crippen LogP contribution is 2.38. The number of likely N-dealkylation sites (tertiary alicyclic amines) is 1. The maximum Gasteiger partial charge on any atom is 0.337 e. The fourth-order valence-electron chi connectivity index (χ4n) is 6.67. The number of benzene rings is 4. The first kappa shape index (κ1) is 35.9. The molecule has 0 spiro atoms. The second kappa shape index (κ2) is 16.4. The van der Waals surface area contributed by atoms with E-state index in [0.29, 0.717) is 53.2 Å². The lowest BCUT2D eigenvalue weighted by molar-refractivity contribution is -0.138. The van der Waals surface area contributed by atoms with Crippen molar-refractivity contribution in [3.63, 3.8) is 0 Å². The minimum absolute atomic E-state index is 0.0628. The summed E-state index contributed by atoms with van der Waals surface area (Å²) in [4.78, 5) is 26.1. The van der Waals surface area contributed by atoms with Crippen molar-refractivity contribution in [2.45, 2.75) is 58.4 Å². The van der Waals surface area contributed by atoms with Crippen molar-refractivity contribution < 1.29 is 43.1 Å². The molecular formula is C40H42ClNO9. The quantitative estimate of drug-likeness (QED) is 0.137. The summed E-state index contributed by atoms with van der Waals surface area (Å²) in [5.41, 5.74) is 5.93. The second-order valence-electron chi connectivity index (χ2n) is 12.7. The van der Waals surface area contributed by atoms with E-state index in [1.807, 2.05) is 36.4 Å². The van der Waals surface area contributed by atoms with Gasteiger partial charge < -0.3 is 33.5 Å². The lowest BCUT2D eigenvalue weighted by atomic mass is 9.96. The highest BCUT2D eigenvalue weighted by molar-refractivity contribution is 6.32. The fourth-order valence-corrected chi connectivity index (χ4v) is 6.92. The Kier molecular flexibility index (Phi) is 11.5. The van der Waals surface area contributed by atoms with Crippen LogP contribution in [-0.4, -0.2) is 62.0 Å². The van der Waals surface area contributed by atoms with Crippen molar-refractivity contribution in [1.29, 1.82) is 0 Å². The van der Waals surface area contributed by atoms with Crippen molar-refractivity contribution in [2.24, 2.45) is 0 Å². The van der Waals surface area contributed by atoms with E-state index in [1.165, 1.54) is 7.11 Å². The number of piperidine rings is 1. The standard InChI is InChI=1S/C40H42ClNO9/c1-25-28(7-6-9-32(25)26-10-13-35-38(19-26)49-16-15-48-35)23-51-37-21-36(50-24-30-17-27(40(45)47-3)11-12-34(30)46-2)29(18-33(37)41)22-42-14-5-4-8-31(42)20-39(43)44/h6-7,9-13,17-19,21,31H,4-5,8,14-16,20,22-24H2,1-3H3,(H,43,44). The Morgan fingerprint density at radius 1 is 0.863 bits per heavy atom. The Hall–Kier alpha value is -4.93. The van der Waals surface area contributed by atoms with E-state index in [4.69, 9.17) is 40.0 Å². The molecule has 10 nitrogen and oxygen atoms in total. The number of carboxylic acid groups (broad SMARTS) is 1. The molecule has 0 amide bonds. The molecule has 1 atom stereocenters. The zero-order chi connectivity index (χ0) is 35.9. The van der Waals surface area contributed by atoms with Crippen molar-refractivity contribution in [1.82, 2.24) is 4.90 Å². The molecule has 0 bridgehead atoms. The highest BCUT2D eigenvalue weighted by atomic mass is 35.5. The normalized spacial score (nSPS) is 15.6. The summed E-state index contributed by atoms with van der Waals surface area (Å²) >= 11 is 6.89. The third kappa shape index (κ3) is 8.52. The van der Waals surface area contributed by atoms with Crippen molar-refractivity contribution in [2.75, 3.05) is 34.0 Å². The maximum atomic E-state index is 12.3. The summed E-state index contributed by atoms with van der Waals surface area (Å²) in [7, 11) is 2.89. The molecule has 51 heavy (non-hydrogen) atoms. The van der Waals surface area contributed by atoms with Crippen molar-refractivity contribution >= 4 is 23.5 Å². The molecule has 268 valence electrons. The molecule has 2 aliphatic heterocycles. The van der Waals surface area contributed by atoms with Crippen LogP contribution in [-0.2, 0) is 29.3 Å². The molecule has 1 N–H and O–H groups in total. The number of methoxy groups -OCH3 is 2. The van der Waals surface area contributed by atoms with Crippen LogP contribution in [0.1, 0.15) is 58.3 Å². The minimum atomic E-state index is -0.823. The van der Waals surface area contributed by atoms with E-state index in [2.05, 4.69) is 17.9 Å². The van der Waals surface area contributed by atoms with Crippen molar-refractivity contribution in [3.05, 3.63) is 99.6 Å². The van der Waals surface area contributed by atoms with Crippen molar-refractivity contribution in [3.8, 4) is 39.9 Å². The molecule has 1 saturated heterocycles. The number of esters is 1. The number of rotatable bonds is 13. The summed E-state index contributed by atoms with van der Waals surface area (Å²) in [6.07, 6.45) is 2.83. The van der Waals surface area contributed by atoms with Gasteiger partial charge in [-0.05, 0) is 85.0 Å². The molecule has 0 saturated carbocycles. The Balaban J connectivity index is 1.28. The van der Waals surface area contributed by atoms with Crippen LogP contribution in [0.25, 0.3) is 11.1 Å². The number of hydrogen-bond acceptors (Lipinski definition) is 9. The first-order valence-electron chi connectivity index (χ1n) is 17.0. The topological polar surface area (TPSA) is 113 Å². The van der Waals surface area contributed by atoms with Gasteiger partial charge in [-0.1, -0.05) is 42.3 Å².